The van der Waals surface area contributed by atoms with Crippen LogP contribution >= 0.6 is 0 Å². The van der Waals surface area contributed by atoms with Crippen molar-refractivity contribution in [2.24, 2.45) is 11.8 Å². The standard InChI is InChI=1S/2C22H24N2O5/c2*1-27-22(26)16-4-5-18-13-24(21(25)15-6-9-28-10-7-15)19(14-29-20(18)11-16)17-3-2-8-23-12-17/h2*2-5,8,11-12,15,19H,6-7,9-10,13-14H2,1H3/t2*19-/m10/s1. The number of carbonyl (C=O) groups is 4. The van der Waals surface area contributed by atoms with Crippen molar-refractivity contribution in [3.8, 4) is 11.5 Å². The topological polar surface area (TPSA) is 156 Å². The lowest BCUT2D eigenvalue weighted by molar-refractivity contribution is -0.143. The Hall–Kier alpha value is -5.86. The number of aromatic nitrogens is 2. The highest BCUT2D eigenvalue weighted by Gasteiger charge is 2.36. The highest BCUT2D eigenvalue weighted by atomic mass is 16.5. The van der Waals surface area contributed by atoms with E-state index < -0.39 is 11.9 Å². The van der Waals surface area contributed by atoms with Gasteiger partial charge in [-0.25, -0.2) is 9.59 Å². The minimum absolute atomic E-state index is 0.0567. The monoisotopic (exact) mass is 792 g/mol. The molecule has 0 radical (unpaired) electrons. The van der Waals surface area contributed by atoms with E-state index in [-0.39, 0.29) is 48.9 Å². The van der Waals surface area contributed by atoms with Gasteiger partial charge in [-0.05, 0) is 73.2 Å². The van der Waals surface area contributed by atoms with Crippen molar-refractivity contribution in [1.82, 2.24) is 19.8 Å². The van der Waals surface area contributed by atoms with Gasteiger partial charge in [-0.15, -0.1) is 0 Å². The molecule has 2 saturated heterocycles. The van der Waals surface area contributed by atoms with Gasteiger partial charge < -0.3 is 38.2 Å². The van der Waals surface area contributed by atoms with E-state index in [0.29, 0.717) is 62.1 Å². The maximum Gasteiger partial charge on any atom is 0.337 e. The molecular formula is C44H48N4O10. The predicted octanol–water partition coefficient (Wildman–Crippen LogP) is 5.51. The van der Waals surface area contributed by atoms with Crippen LogP contribution < -0.4 is 9.47 Å². The van der Waals surface area contributed by atoms with E-state index in [4.69, 9.17) is 28.4 Å². The van der Waals surface area contributed by atoms with Crippen LogP contribution in [0.15, 0.2) is 85.5 Å². The highest BCUT2D eigenvalue weighted by molar-refractivity contribution is 5.90. The molecule has 0 spiro atoms. The van der Waals surface area contributed by atoms with Crippen molar-refractivity contribution in [3.05, 3.63) is 119 Å². The summed E-state index contributed by atoms with van der Waals surface area (Å²) < 4.78 is 32.6. The Balaban J connectivity index is 0.000000177. The van der Waals surface area contributed by atoms with Crippen LogP contribution in [0, 0.1) is 11.8 Å². The molecule has 2 aromatic heterocycles. The van der Waals surface area contributed by atoms with Crippen LogP contribution in [0.4, 0.5) is 0 Å². The van der Waals surface area contributed by atoms with Crippen molar-refractivity contribution in [2.75, 3.05) is 53.9 Å². The summed E-state index contributed by atoms with van der Waals surface area (Å²) in [5.74, 6) is 0.469. The average Bonchev–Trinajstić information content (AvgIpc) is 3.61. The molecular weight excluding hydrogens is 745 g/mol. The second kappa shape index (κ2) is 19.1. The third-order valence-corrected chi connectivity index (χ3v) is 11.0. The van der Waals surface area contributed by atoms with Crippen molar-refractivity contribution < 1.29 is 47.6 Å². The van der Waals surface area contributed by atoms with Crippen LogP contribution in [-0.2, 0) is 41.6 Å². The first-order valence-corrected chi connectivity index (χ1v) is 19.6. The SMILES string of the molecule is COC(=O)c1ccc2c(c1)OC[C@@H](c1cccnc1)N(C(=O)C1CCOCC1)C2.COC(=O)c1ccc2c(c1)OC[C@H](c1cccnc1)N(C(=O)C1CCOCC1)C2. The van der Waals surface area contributed by atoms with Gasteiger partial charge in [0, 0.05) is 74.2 Å². The molecule has 0 saturated carbocycles. The van der Waals surface area contributed by atoms with Crippen LogP contribution in [0.25, 0.3) is 0 Å². The zero-order valence-corrected chi connectivity index (χ0v) is 32.7. The Morgan fingerprint density at radius 2 is 1.02 bits per heavy atom. The van der Waals surface area contributed by atoms with Crippen molar-refractivity contribution >= 4 is 23.8 Å². The molecule has 0 aliphatic carbocycles. The van der Waals surface area contributed by atoms with E-state index in [1.807, 2.05) is 46.2 Å². The quantitative estimate of drug-likeness (QED) is 0.226. The molecule has 2 aromatic carbocycles. The number of hydrogen-bond donors (Lipinski definition) is 0. The van der Waals surface area contributed by atoms with E-state index in [1.54, 1.807) is 49.1 Å². The number of carbonyl (C=O) groups excluding carboxylic acids is 4. The van der Waals surface area contributed by atoms with Crippen molar-refractivity contribution in [1.29, 1.82) is 0 Å². The summed E-state index contributed by atoms with van der Waals surface area (Å²) in [6, 6.07) is 17.6. The summed E-state index contributed by atoms with van der Waals surface area (Å²) in [6.07, 6.45) is 9.87. The van der Waals surface area contributed by atoms with Crippen molar-refractivity contribution in [3.63, 3.8) is 0 Å². The second-order valence-electron chi connectivity index (χ2n) is 14.6. The molecule has 2 atom stereocenters. The first kappa shape index (κ1) is 40.3. The maximum atomic E-state index is 13.4. The summed E-state index contributed by atoms with van der Waals surface area (Å²) in [4.78, 5) is 62.9. The zero-order valence-electron chi connectivity index (χ0n) is 32.7. The van der Waals surface area contributed by atoms with Gasteiger partial charge in [0.05, 0.1) is 50.5 Å². The fraction of sp³-hybridized carbons (Fsp3) is 0.409. The molecule has 14 heteroatoms. The molecule has 2 fully saturated rings. The summed E-state index contributed by atoms with van der Waals surface area (Å²) in [5.41, 5.74) is 4.43. The van der Waals surface area contributed by atoms with Crippen LogP contribution in [0.3, 0.4) is 0 Å². The summed E-state index contributed by atoms with van der Waals surface area (Å²) >= 11 is 0. The number of esters is 2. The smallest absolute Gasteiger partial charge is 0.337 e. The molecule has 4 aliphatic heterocycles. The number of ether oxygens (including phenoxy) is 6. The molecule has 0 bridgehead atoms. The Morgan fingerprint density at radius 1 is 0.603 bits per heavy atom. The molecule has 8 rings (SSSR count). The number of fused-ring (bicyclic) bond motifs is 2. The molecule has 58 heavy (non-hydrogen) atoms. The van der Waals surface area contributed by atoms with Gasteiger partial charge >= 0.3 is 11.9 Å². The molecule has 2 amide bonds. The minimum atomic E-state index is -0.417. The number of rotatable bonds is 6. The lowest BCUT2D eigenvalue weighted by Gasteiger charge is -2.33. The second-order valence-corrected chi connectivity index (χ2v) is 14.6. The molecule has 4 aliphatic rings. The van der Waals surface area contributed by atoms with Gasteiger partial charge in [-0.1, -0.05) is 24.3 Å². The van der Waals surface area contributed by atoms with Gasteiger partial charge in [0.2, 0.25) is 11.8 Å². The summed E-state index contributed by atoms with van der Waals surface area (Å²) in [5, 5.41) is 0. The lowest BCUT2D eigenvalue weighted by atomic mass is 9.96. The number of hydrogen-bond acceptors (Lipinski definition) is 12. The number of nitrogens with zero attached hydrogens (tertiary/aromatic N) is 4. The van der Waals surface area contributed by atoms with Gasteiger partial charge in [0.15, 0.2) is 0 Å². The zero-order chi connectivity index (χ0) is 40.4. The van der Waals surface area contributed by atoms with Crippen LogP contribution in [0.2, 0.25) is 0 Å². The fourth-order valence-corrected chi connectivity index (χ4v) is 7.75. The van der Waals surface area contributed by atoms with Crippen LogP contribution in [0.5, 0.6) is 11.5 Å². The molecule has 0 unspecified atom stereocenters. The highest BCUT2D eigenvalue weighted by Crippen LogP contribution is 2.36. The van der Waals surface area contributed by atoms with Gasteiger partial charge in [-0.3, -0.25) is 19.6 Å². The molecule has 304 valence electrons. The van der Waals surface area contributed by atoms with Gasteiger partial charge in [-0.2, -0.15) is 0 Å². The number of amides is 2. The minimum Gasteiger partial charge on any atom is -0.491 e. The number of methoxy groups -OCH3 is 2. The number of benzene rings is 2. The first-order chi connectivity index (χ1) is 28.3. The van der Waals surface area contributed by atoms with E-state index in [2.05, 4.69) is 9.97 Å². The molecule has 14 nitrogen and oxygen atoms in total. The summed E-state index contributed by atoms with van der Waals surface area (Å²) in [6.45, 7) is 3.83. The Bertz CT molecular complexity index is 1910. The Kier molecular flexibility index (Phi) is 13.3. The molecule has 4 aromatic rings. The Labute approximate surface area is 337 Å². The fourth-order valence-electron chi connectivity index (χ4n) is 7.75. The maximum absolute atomic E-state index is 13.4. The normalized spacial score (nSPS) is 19.6. The van der Waals surface area contributed by atoms with E-state index in [1.165, 1.54) is 14.2 Å². The third-order valence-electron chi connectivity index (χ3n) is 11.0. The lowest BCUT2D eigenvalue weighted by Crippen LogP contribution is -2.41. The van der Waals surface area contributed by atoms with Gasteiger partial charge in [0.25, 0.3) is 0 Å². The molecule has 0 N–H and O–H groups in total. The van der Waals surface area contributed by atoms with Crippen molar-refractivity contribution in [2.45, 2.75) is 50.9 Å². The molecule has 6 heterocycles. The largest absolute Gasteiger partial charge is 0.491 e. The van der Waals surface area contributed by atoms with Gasteiger partial charge in [0.1, 0.15) is 24.7 Å². The average molecular weight is 793 g/mol. The summed E-state index contributed by atoms with van der Waals surface area (Å²) in [7, 11) is 2.70. The van der Waals surface area contributed by atoms with Crippen LogP contribution in [-0.4, -0.2) is 97.4 Å². The van der Waals surface area contributed by atoms with E-state index in [0.717, 1.165) is 47.9 Å². The third kappa shape index (κ3) is 9.29. The first-order valence-electron chi connectivity index (χ1n) is 19.6. The Morgan fingerprint density at radius 3 is 1.38 bits per heavy atom. The van der Waals surface area contributed by atoms with E-state index >= 15 is 0 Å². The number of pyridine rings is 2. The van der Waals surface area contributed by atoms with E-state index in [9.17, 15) is 19.2 Å². The van der Waals surface area contributed by atoms with Crippen LogP contribution in [0.1, 0.15) is 80.7 Å². The predicted molar refractivity (Wildman–Crippen MR) is 209 cm³/mol.